The molecule has 1 fully saturated rings. The molecule has 3 aromatic rings. The summed E-state index contributed by atoms with van der Waals surface area (Å²) in [6.45, 7) is 4.45. The molecular formula is C23H22BrClN2O4. The van der Waals surface area contributed by atoms with E-state index >= 15 is 0 Å². The Kier molecular flexibility index (Phi) is 6.46. The van der Waals surface area contributed by atoms with E-state index in [9.17, 15) is 9.59 Å². The second-order valence-electron chi connectivity index (χ2n) is 7.56. The van der Waals surface area contributed by atoms with Crippen molar-refractivity contribution in [3.63, 3.8) is 0 Å². The lowest BCUT2D eigenvalue weighted by atomic mass is 10.1. The van der Waals surface area contributed by atoms with Gasteiger partial charge in [0.15, 0.2) is 0 Å². The quantitative estimate of drug-likeness (QED) is 0.405. The highest BCUT2D eigenvalue weighted by atomic mass is 79.9. The average molecular weight is 506 g/mol. The molecule has 0 atom stereocenters. The highest BCUT2D eigenvalue weighted by Crippen LogP contribution is 2.39. The number of aryl methyl sites for hydroxylation is 1. The van der Waals surface area contributed by atoms with Crippen LogP contribution in [0.15, 0.2) is 39.9 Å². The Hall–Kier alpha value is -2.22. The standard InChI is InChI=1S/C23H22BrClN2O4/c1-3-31-23(29)17-10-27(15-4-5-15)21-16(22(17)28)6-7-20(25)18(21)12-30-11-14-8-13(2)26-9-19(14)24/h6-10,15H,3-5,11-12H2,1-2H3. The molecule has 1 aromatic carbocycles. The summed E-state index contributed by atoms with van der Waals surface area (Å²) in [6.07, 6.45) is 5.33. The van der Waals surface area contributed by atoms with Crippen molar-refractivity contribution in [3.8, 4) is 0 Å². The Morgan fingerprint density at radius 2 is 2.10 bits per heavy atom. The Balaban J connectivity index is 1.74. The largest absolute Gasteiger partial charge is 0.462 e. The van der Waals surface area contributed by atoms with Gasteiger partial charge in [-0.3, -0.25) is 9.78 Å². The molecule has 0 N–H and O–H groups in total. The second kappa shape index (κ2) is 9.10. The summed E-state index contributed by atoms with van der Waals surface area (Å²) in [5.41, 5.74) is 3.04. The first-order valence-corrected chi connectivity index (χ1v) is 11.3. The molecule has 2 heterocycles. The minimum absolute atomic E-state index is 0.0478. The lowest BCUT2D eigenvalue weighted by Gasteiger charge is -2.17. The maximum atomic E-state index is 13.1. The summed E-state index contributed by atoms with van der Waals surface area (Å²) >= 11 is 10.0. The Morgan fingerprint density at radius 1 is 1.32 bits per heavy atom. The molecule has 31 heavy (non-hydrogen) atoms. The zero-order valence-electron chi connectivity index (χ0n) is 17.3. The van der Waals surface area contributed by atoms with Crippen molar-refractivity contribution < 1.29 is 14.3 Å². The third-order valence-corrected chi connectivity index (χ3v) is 6.32. The third kappa shape index (κ3) is 4.54. The number of halogens is 2. The van der Waals surface area contributed by atoms with E-state index in [-0.39, 0.29) is 30.2 Å². The van der Waals surface area contributed by atoms with Crippen molar-refractivity contribution in [2.75, 3.05) is 6.61 Å². The summed E-state index contributed by atoms with van der Waals surface area (Å²) < 4.78 is 13.9. The summed E-state index contributed by atoms with van der Waals surface area (Å²) in [6, 6.07) is 5.54. The van der Waals surface area contributed by atoms with Gasteiger partial charge in [-0.15, -0.1) is 0 Å². The number of hydrogen-bond donors (Lipinski definition) is 0. The van der Waals surface area contributed by atoms with Crippen molar-refractivity contribution in [1.82, 2.24) is 9.55 Å². The number of carbonyl (C=O) groups is 1. The molecule has 4 rings (SSSR count). The van der Waals surface area contributed by atoms with Crippen LogP contribution in [0.5, 0.6) is 0 Å². The van der Waals surface area contributed by atoms with Crippen LogP contribution in [0.3, 0.4) is 0 Å². The molecule has 1 aliphatic rings. The Bertz CT molecular complexity index is 1220. The van der Waals surface area contributed by atoms with Gasteiger partial charge in [0.25, 0.3) is 0 Å². The fraction of sp³-hybridized carbons (Fsp3) is 0.348. The molecule has 0 aliphatic heterocycles. The van der Waals surface area contributed by atoms with E-state index in [0.29, 0.717) is 17.0 Å². The van der Waals surface area contributed by atoms with E-state index in [1.54, 1.807) is 31.5 Å². The number of benzene rings is 1. The predicted octanol–water partition coefficient (Wildman–Crippen LogP) is 5.35. The van der Waals surface area contributed by atoms with Gasteiger partial charge in [-0.2, -0.15) is 0 Å². The van der Waals surface area contributed by atoms with Crippen molar-refractivity contribution in [1.29, 1.82) is 0 Å². The first-order chi connectivity index (χ1) is 14.9. The molecule has 2 aromatic heterocycles. The fourth-order valence-corrected chi connectivity index (χ4v) is 4.14. The van der Waals surface area contributed by atoms with E-state index in [4.69, 9.17) is 21.1 Å². The number of hydrogen-bond acceptors (Lipinski definition) is 5. The van der Waals surface area contributed by atoms with Gasteiger partial charge in [0, 0.05) is 44.6 Å². The minimum Gasteiger partial charge on any atom is -0.462 e. The molecule has 0 bridgehead atoms. The summed E-state index contributed by atoms with van der Waals surface area (Å²) in [7, 11) is 0. The van der Waals surface area contributed by atoms with Crippen LogP contribution < -0.4 is 5.43 Å². The van der Waals surface area contributed by atoms with E-state index < -0.39 is 5.97 Å². The van der Waals surface area contributed by atoms with Crippen molar-refractivity contribution in [2.24, 2.45) is 0 Å². The molecule has 6 nitrogen and oxygen atoms in total. The fourth-order valence-electron chi connectivity index (χ4n) is 3.60. The van der Waals surface area contributed by atoms with Crippen LogP contribution in [0.2, 0.25) is 5.02 Å². The second-order valence-corrected chi connectivity index (χ2v) is 8.82. The summed E-state index contributed by atoms with van der Waals surface area (Å²) in [5.74, 6) is -0.602. The smallest absolute Gasteiger partial charge is 0.343 e. The lowest BCUT2D eigenvalue weighted by Crippen LogP contribution is -2.21. The highest BCUT2D eigenvalue weighted by molar-refractivity contribution is 9.10. The number of esters is 1. The van der Waals surface area contributed by atoms with Gasteiger partial charge in [0.2, 0.25) is 5.43 Å². The molecular weight excluding hydrogens is 484 g/mol. The molecule has 0 saturated heterocycles. The summed E-state index contributed by atoms with van der Waals surface area (Å²) in [5, 5.41) is 0.969. The van der Waals surface area contributed by atoms with Crippen LogP contribution in [0.25, 0.3) is 10.9 Å². The topological polar surface area (TPSA) is 70.4 Å². The van der Waals surface area contributed by atoms with Crippen LogP contribution in [0.4, 0.5) is 0 Å². The van der Waals surface area contributed by atoms with Crippen LogP contribution in [0.1, 0.15) is 53.0 Å². The van der Waals surface area contributed by atoms with Gasteiger partial charge in [-0.25, -0.2) is 4.79 Å². The molecule has 0 spiro atoms. The lowest BCUT2D eigenvalue weighted by molar-refractivity contribution is 0.0524. The van der Waals surface area contributed by atoms with Crippen LogP contribution in [-0.4, -0.2) is 22.1 Å². The van der Waals surface area contributed by atoms with Gasteiger partial charge >= 0.3 is 5.97 Å². The Morgan fingerprint density at radius 3 is 2.81 bits per heavy atom. The van der Waals surface area contributed by atoms with E-state index in [2.05, 4.69) is 20.9 Å². The number of rotatable bonds is 7. The van der Waals surface area contributed by atoms with E-state index in [1.807, 2.05) is 17.6 Å². The van der Waals surface area contributed by atoms with Gasteiger partial charge in [-0.05, 0) is 66.4 Å². The maximum Gasteiger partial charge on any atom is 0.343 e. The molecule has 1 aliphatic carbocycles. The van der Waals surface area contributed by atoms with Crippen molar-refractivity contribution in [2.45, 2.75) is 45.9 Å². The van der Waals surface area contributed by atoms with Gasteiger partial charge in [0.1, 0.15) is 5.56 Å². The van der Waals surface area contributed by atoms with Crippen LogP contribution in [0, 0.1) is 6.92 Å². The van der Waals surface area contributed by atoms with Crippen molar-refractivity contribution >= 4 is 44.4 Å². The SMILES string of the molecule is CCOC(=O)c1cn(C2CC2)c2c(COCc3cc(C)ncc3Br)c(Cl)ccc2c1=O. The monoisotopic (exact) mass is 504 g/mol. The van der Waals surface area contributed by atoms with Gasteiger partial charge in [0.05, 0.1) is 25.3 Å². The Labute approximate surface area is 193 Å². The van der Waals surface area contributed by atoms with Crippen LogP contribution >= 0.6 is 27.5 Å². The zero-order valence-corrected chi connectivity index (χ0v) is 19.6. The summed E-state index contributed by atoms with van der Waals surface area (Å²) in [4.78, 5) is 29.7. The molecule has 0 amide bonds. The minimum atomic E-state index is -0.602. The zero-order chi connectivity index (χ0) is 22.1. The molecule has 0 unspecified atom stereocenters. The number of ether oxygens (including phenoxy) is 2. The molecule has 0 radical (unpaired) electrons. The first kappa shape index (κ1) is 22.0. The third-order valence-electron chi connectivity index (χ3n) is 5.25. The van der Waals surface area contributed by atoms with E-state index in [1.165, 1.54) is 0 Å². The highest BCUT2D eigenvalue weighted by Gasteiger charge is 2.28. The molecule has 1 saturated carbocycles. The first-order valence-electron chi connectivity index (χ1n) is 10.1. The van der Waals surface area contributed by atoms with Gasteiger partial charge in [-0.1, -0.05) is 11.6 Å². The number of aromatic nitrogens is 2. The maximum absolute atomic E-state index is 13.1. The van der Waals surface area contributed by atoms with Crippen molar-refractivity contribution in [3.05, 3.63) is 72.7 Å². The molecule has 162 valence electrons. The van der Waals surface area contributed by atoms with E-state index in [0.717, 1.165) is 39.7 Å². The average Bonchev–Trinajstić information content (AvgIpc) is 3.57. The number of pyridine rings is 2. The number of nitrogens with zero attached hydrogens (tertiary/aromatic N) is 2. The predicted molar refractivity (Wildman–Crippen MR) is 123 cm³/mol. The number of fused-ring (bicyclic) bond motifs is 1. The van der Waals surface area contributed by atoms with Gasteiger partial charge < -0.3 is 14.0 Å². The molecule has 8 heteroatoms. The van der Waals surface area contributed by atoms with Crippen LogP contribution in [-0.2, 0) is 22.7 Å². The number of carbonyl (C=O) groups excluding carboxylic acids is 1. The normalized spacial score (nSPS) is 13.5.